The first-order valence-electron chi connectivity index (χ1n) is 4.74. The lowest BCUT2D eigenvalue weighted by Crippen LogP contribution is -1.98. The maximum Gasteiger partial charge on any atom is 0.356 e. The summed E-state index contributed by atoms with van der Waals surface area (Å²) >= 11 is 0. The van der Waals surface area contributed by atoms with E-state index in [0.717, 1.165) is 5.56 Å². The highest BCUT2D eigenvalue weighted by atomic mass is 16.4. The lowest BCUT2D eigenvalue weighted by molar-refractivity contribution is 0.0691. The lowest BCUT2D eigenvalue weighted by atomic mass is 10.2. The minimum absolute atomic E-state index is 0.0513. The number of imidazole rings is 1. The van der Waals surface area contributed by atoms with Crippen molar-refractivity contribution >= 4 is 11.7 Å². The third kappa shape index (κ3) is 2.20. The monoisotopic (exact) mass is 217 g/mol. The molecular formula is C11H11N3O2. The molecule has 16 heavy (non-hydrogen) atoms. The molecule has 3 N–H and O–H groups in total. The van der Waals surface area contributed by atoms with Gasteiger partial charge in [0.15, 0.2) is 5.69 Å². The largest absolute Gasteiger partial charge is 0.476 e. The molecule has 0 fully saturated rings. The van der Waals surface area contributed by atoms with Crippen molar-refractivity contribution < 1.29 is 9.90 Å². The first kappa shape index (κ1) is 10.2. The zero-order valence-electron chi connectivity index (χ0n) is 8.50. The Balaban J connectivity index is 2.14. The molecule has 0 spiro atoms. The number of hydrogen-bond donors (Lipinski definition) is 2. The minimum Gasteiger partial charge on any atom is -0.476 e. The Labute approximate surface area is 92.2 Å². The van der Waals surface area contributed by atoms with E-state index in [1.165, 1.54) is 12.5 Å². The Morgan fingerprint density at radius 1 is 1.38 bits per heavy atom. The van der Waals surface area contributed by atoms with Crippen LogP contribution in [0.3, 0.4) is 0 Å². The molecule has 0 amide bonds. The van der Waals surface area contributed by atoms with E-state index < -0.39 is 5.97 Å². The van der Waals surface area contributed by atoms with Gasteiger partial charge in [0.1, 0.15) is 0 Å². The van der Waals surface area contributed by atoms with Gasteiger partial charge in [-0.2, -0.15) is 0 Å². The highest BCUT2D eigenvalue weighted by Crippen LogP contribution is 2.07. The normalized spacial score (nSPS) is 10.2. The molecule has 0 unspecified atom stereocenters. The Hall–Kier alpha value is -2.30. The predicted molar refractivity (Wildman–Crippen MR) is 59.1 cm³/mol. The van der Waals surface area contributed by atoms with E-state index in [1.807, 2.05) is 24.3 Å². The predicted octanol–water partition coefficient (Wildman–Crippen LogP) is 1.21. The number of anilines is 1. The van der Waals surface area contributed by atoms with E-state index in [1.54, 1.807) is 4.57 Å². The number of aromatic nitrogens is 2. The second kappa shape index (κ2) is 4.06. The average Bonchev–Trinajstić information content (AvgIpc) is 2.70. The summed E-state index contributed by atoms with van der Waals surface area (Å²) in [5.74, 6) is -1.02. The topological polar surface area (TPSA) is 81.1 Å². The first-order chi connectivity index (χ1) is 7.65. The molecule has 82 valence electrons. The standard InChI is InChI=1S/C11H11N3O2/c12-9-3-1-8(2-4-9)5-14-6-10(11(15)16)13-7-14/h1-4,6-7H,5,12H2,(H,15,16). The number of nitrogens with two attached hydrogens (primary N) is 1. The van der Waals surface area contributed by atoms with Crippen molar-refractivity contribution in [2.24, 2.45) is 0 Å². The second-order valence-corrected chi connectivity index (χ2v) is 3.48. The molecule has 5 heteroatoms. The van der Waals surface area contributed by atoms with Crippen molar-refractivity contribution in [1.29, 1.82) is 0 Å². The fraction of sp³-hybridized carbons (Fsp3) is 0.0909. The van der Waals surface area contributed by atoms with Crippen molar-refractivity contribution in [3.8, 4) is 0 Å². The van der Waals surface area contributed by atoms with E-state index in [9.17, 15) is 4.79 Å². The van der Waals surface area contributed by atoms with Crippen LogP contribution >= 0.6 is 0 Å². The van der Waals surface area contributed by atoms with Gasteiger partial charge in [-0.3, -0.25) is 0 Å². The van der Waals surface area contributed by atoms with Crippen molar-refractivity contribution in [2.45, 2.75) is 6.54 Å². The van der Waals surface area contributed by atoms with Crippen molar-refractivity contribution in [3.05, 3.63) is 48.0 Å². The van der Waals surface area contributed by atoms with Crippen LogP contribution in [0.2, 0.25) is 0 Å². The number of aromatic carboxylic acids is 1. The van der Waals surface area contributed by atoms with E-state index in [-0.39, 0.29) is 5.69 Å². The van der Waals surface area contributed by atoms with Crippen molar-refractivity contribution in [1.82, 2.24) is 9.55 Å². The summed E-state index contributed by atoms with van der Waals surface area (Å²) in [6, 6.07) is 7.42. The third-order valence-corrected chi connectivity index (χ3v) is 2.20. The van der Waals surface area contributed by atoms with Crippen LogP contribution in [0, 0.1) is 0 Å². The molecule has 1 heterocycles. The first-order valence-corrected chi connectivity index (χ1v) is 4.74. The van der Waals surface area contributed by atoms with Gasteiger partial charge in [0.05, 0.1) is 6.33 Å². The van der Waals surface area contributed by atoms with Gasteiger partial charge in [-0.15, -0.1) is 0 Å². The Morgan fingerprint density at radius 2 is 2.06 bits per heavy atom. The molecule has 0 saturated carbocycles. The molecule has 0 aliphatic carbocycles. The summed E-state index contributed by atoms with van der Waals surface area (Å²) in [5.41, 5.74) is 7.37. The maximum atomic E-state index is 10.6. The molecule has 0 aliphatic heterocycles. The molecule has 2 aromatic rings. The highest BCUT2D eigenvalue weighted by Gasteiger charge is 2.06. The van der Waals surface area contributed by atoms with Crippen LogP contribution in [0.4, 0.5) is 5.69 Å². The number of carboxylic acids is 1. The van der Waals surface area contributed by atoms with Gasteiger partial charge in [0.2, 0.25) is 0 Å². The molecule has 0 radical (unpaired) electrons. The highest BCUT2D eigenvalue weighted by molar-refractivity contribution is 5.84. The van der Waals surface area contributed by atoms with Gasteiger partial charge in [0.25, 0.3) is 0 Å². The van der Waals surface area contributed by atoms with E-state index >= 15 is 0 Å². The quantitative estimate of drug-likeness (QED) is 0.757. The van der Waals surface area contributed by atoms with Gasteiger partial charge in [-0.25, -0.2) is 9.78 Å². The van der Waals surface area contributed by atoms with E-state index in [2.05, 4.69) is 4.98 Å². The maximum absolute atomic E-state index is 10.6. The number of nitrogen functional groups attached to an aromatic ring is 1. The SMILES string of the molecule is Nc1ccc(Cn2cnc(C(=O)O)c2)cc1. The van der Waals surface area contributed by atoms with Gasteiger partial charge in [-0.05, 0) is 17.7 Å². The number of rotatable bonds is 3. The molecule has 2 rings (SSSR count). The Kier molecular flexibility index (Phi) is 2.59. The molecular weight excluding hydrogens is 206 g/mol. The van der Waals surface area contributed by atoms with Crippen LogP contribution in [0.5, 0.6) is 0 Å². The number of hydrogen-bond acceptors (Lipinski definition) is 3. The Morgan fingerprint density at radius 3 is 2.62 bits per heavy atom. The Bertz CT molecular complexity index is 502. The lowest BCUT2D eigenvalue weighted by Gasteiger charge is -2.02. The average molecular weight is 217 g/mol. The molecule has 0 bridgehead atoms. The molecule has 0 saturated heterocycles. The molecule has 1 aromatic heterocycles. The summed E-state index contributed by atoms with van der Waals surface area (Å²) in [5, 5.41) is 8.71. The van der Waals surface area contributed by atoms with Crippen LogP contribution in [0.25, 0.3) is 0 Å². The van der Waals surface area contributed by atoms with Crippen LogP contribution < -0.4 is 5.73 Å². The summed E-state index contributed by atoms with van der Waals surface area (Å²) in [4.78, 5) is 14.4. The van der Waals surface area contributed by atoms with Gasteiger partial charge in [-0.1, -0.05) is 12.1 Å². The van der Waals surface area contributed by atoms with Crippen molar-refractivity contribution in [3.63, 3.8) is 0 Å². The molecule has 1 aromatic carbocycles. The van der Waals surface area contributed by atoms with Crippen LogP contribution in [-0.4, -0.2) is 20.6 Å². The van der Waals surface area contributed by atoms with Crippen LogP contribution in [0.1, 0.15) is 16.1 Å². The number of nitrogens with zero attached hydrogens (tertiary/aromatic N) is 2. The summed E-state index contributed by atoms with van der Waals surface area (Å²) in [6.07, 6.45) is 3.00. The summed E-state index contributed by atoms with van der Waals surface area (Å²) < 4.78 is 1.72. The summed E-state index contributed by atoms with van der Waals surface area (Å²) in [7, 11) is 0. The zero-order valence-corrected chi connectivity index (χ0v) is 8.50. The van der Waals surface area contributed by atoms with Crippen LogP contribution in [-0.2, 0) is 6.54 Å². The second-order valence-electron chi connectivity index (χ2n) is 3.48. The van der Waals surface area contributed by atoms with Crippen LogP contribution in [0.15, 0.2) is 36.8 Å². The number of carboxylic acid groups (broad SMARTS) is 1. The number of carbonyl (C=O) groups is 1. The zero-order chi connectivity index (χ0) is 11.5. The fourth-order valence-electron chi connectivity index (χ4n) is 1.39. The van der Waals surface area contributed by atoms with Gasteiger partial charge < -0.3 is 15.4 Å². The number of benzene rings is 1. The van der Waals surface area contributed by atoms with E-state index in [0.29, 0.717) is 12.2 Å². The van der Waals surface area contributed by atoms with Crippen molar-refractivity contribution in [2.75, 3.05) is 5.73 Å². The molecule has 5 nitrogen and oxygen atoms in total. The fourth-order valence-corrected chi connectivity index (χ4v) is 1.39. The minimum atomic E-state index is -1.02. The smallest absolute Gasteiger partial charge is 0.356 e. The van der Waals surface area contributed by atoms with Gasteiger partial charge >= 0.3 is 5.97 Å². The van der Waals surface area contributed by atoms with Gasteiger partial charge in [0, 0.05) is 18.4 Å². The molecule has 0 atom stereocenters. The summed E-state index contributed by atoms with van der Waals surface area (Å²) in [6.45, 7) is 0.584. The van der Waals surface area contributed by atoms with E-state index in [4.69, 9.17) is 10.8 Å². The third-order valence-electron chi connectivity index (χ3n) is 2.20. The molecule has 0 aliphatic rings.